The summed E-state index contributed by atoms with van der Waals surface area (Å²) >= 11 is 0. The lowest BCUT2D eigenvalue weighted by atomic mass is 10.5. The highest BCUT2D eigenvalue weighted by molar-refractivity contribution is 4.52. The molecule has 0 aromatic carbocycles. The van der Waals surface area contributed by atoms with Crippen LogP contribution in [-0.2, 0) is 0 Å². The molecule has 0 aromatic rings. The summed E-state index contributed by atoms with van der Waals surface area (Å²) in [5.74, 6) is 0. The molecule has 0 fully saturated rings. The molecular weight excluding hydrogens is 126 g/mol. The van der Waals surface area contributed by atoms with Gasteiger partial charge in [0.2, 0.25) is 0 Å². The number of nitrogens with one attached hydrogen (secondary N) is 1. The van der Waals surface area contributed by atoms with Crippen LogP contribution in [0.4, 0.5) is 0 Å². The average Bonchev–Trinajstić information content (AvgIpc) is 1.98. The molecule has 0 radical (unpaired) electrons. The molecule has 0 unspecified atom stereocenters. The van der Waals surface area contributed by atoms with E-state index in [2.05, 4.69) is 24.2 Å². The molecule has 3 N–H and O–H groups in total. The topological polar surface area (TPSA) is 41.3 Å². The molecule has 0 amide bonds. The third-order valence-corrected chi connectivity index (χ3v) is 1.53. The highest BCUT2D eigenvalue weighted by atomic mass is 15.1. The molecule has 0 saturated heterocycles. The molecule has 0 aliphatic carbocycles. The minimum Gasteiger partial charge on any atom is -0.329 e. The largest absolute Gasteiger partial charge is 0.329 e. The SMILES string of the molecule is CCN(C)CCNCCN. The molecule has 0 heterocycles. The summed E-state index contributed by atoms with van der Waals surface area (Å²) in [7, 11) is 2.12. The molecule has 0 rings (SSSR count). The van der Waals surface area contributed by atoms with Gasteiger partial charge in [-0.1, -0.05) is 6.92 Å². The molecule has 0 aromatic heterocycles. The maximum atomic E-state index is 5.30. The van der Waals surface area contributed by atoms with Crippen LogP contribution in [0.5, 0.6) is 0 Å². The van der Waals surface area contributed by atoms with E-state index in [0.717, 1.165) is 32.7 Å². The highest BCUT2D eigenvalue weighted by Crippen LogP contribution is 1.76. The molecular formula is C7H19N3. The number of hydrogen-bond acceptors (Lipinski definition) is 3. The van der Waals surface area contributed by atoms with E-state index in [4.69, 9.17) is 5.73 Å². The summed E-state index contributed by atoms with van der Waals surface area (Å²) in [5, 5.41) is 3.23. The van der Waals surface area contributed by atoms with E-state index in [0.29, 0.717) is 0 Å². The standard InChI is InChI=1S/C7H19N3/c1-3-10(2)7-6-9-5-4-8/h9H,3-8H2,1-2H3. The third kappa shape index (κ3) is 6.01. The van der Waals surface area contributed by atoms with Crippen molar-refractivity contribution in [2.75, 3.05) is 39.8 Å². The summed E-state index contributed by atoms with van der Waals surface area (Å²) < 4.78 is 0. The van der Waals surface area contributed by atoms with Gasteiger partial charge in [-0.3, -0.25) is 0 Å². The van der Waals surface area contributed by atoms with Crippen molar-refractivity contribution >= 4 is 0 Å². The van der Waals surface area contributed by atoms with Crippen molar-refractivity contribution in [1.82, 2.24) is 10.2 Å². The minimum absolute atomic E-state index is 0.732. The molecule has 3 heteroatoms. The lowest BCUT2D eigenvalue weighted by Gasteiger charge is -2.13. The van der Waals surface area contributed by atoms with Gasteiger partial charge in [0.25, 0.3) is 0 Å². The quantitative estimate of drug-likeness (QED) is 0.494. The van der Waals surface area contributed by atoms with Gasteiger partial charge in [0, 0.05) is 26.2 Å². The van der Waals surface area contributed by atoms with Crippen molar-refractivity contribution in [3.05, 3.63) is 0 Å². The van der Waals surface area contributed by atoms with Gasteiger partial charge < -0.3 is 16.0 Å². The molecule has 0 saturated carbocycles. The molecule has 0 spiro atoms. The fourth-order valence-electron chi connectivity index (χ4n) is 0.655. The number of nitrogens with zero attached hydrogens (tertiary/aromatic N) is 1. The van der Waals surface area contributed by atoms with Crippen LogP contribution in [0.25, 0.3) is 0 Å². The van der Waals surface area contributed by atoms with Gasteiger partial charge in [-0.25, -0.2) is 0 Å². The Hall–Kier alpha value is -0.120. The van der Waals surface area contributed by atoms with E-state index < -0.39 is 0 Å². The van der Waals surface area contributed by atoms with E-state index in [-0.39, 0.29) is 0 Å². The first-order valence-electron chi connectivity index (χ1n) is 3.90. The summed E-state index contributed by atoms with van der Waals surface area (Å²) in [5.41, 5.74) is 5.30. The predicted octanol–water partition coefficient (Wildman–Crippen LogP) is -0.514. The monoisotopic (exact) mass is 145 g/mol. The van der Waals surface area contributed by atoms with Gasteiger partial charge >= 0.3 is 0 Å². The van der Waals surface area contributed by atoms with Crippen LogP contribution in [0.3, 0.4) is 0 Å². The zero-order chi connectivity index (χ0) is 7.82. The first kappa shape index (κ1) is 9.88. The lowest BCUT2D eigenvalue weighted by molar-refractivity contribution is 0.350. The van der Waals surface area contributed by atoms with Crippen LogP contribution in [0.15, 0.2) is 0 Å². The van der Waals surface area contributed by atoms with Gasteiger partial charge in [0.1, 0.15) is 0 Å². The summed E-state index contributed by atoms with van der Waals surface area (Å²) in [6, 6.07) is 0. The molecule has 0 aliphatic rings. The number of likely N-dealkylation sites (N-methyl/N-ethyl adjacent to an activating group) is 1. The Morgan fingerprint density at radius 1 is 1.40 bits per heavy atom. The van der Waals surface area contributed by atoms with Crippen molar-refractivity contribution < 1.29 is 0 Å². The van der Waals surface area contributed by atoms with Crippen molar-refractivity contribution in [3.8, 4) is 0 Å². The molecule has 62 valence electrons. The minimum atomic E-state index is 0.732. The Kier molecular flexibility index (Phi) is 6.91. The summed E-state index contributed by atoms with van der Waals surface area (Å²) in [4.78, 5) is 2.27. The number of nitrogens with two attached hydrogens (primary N) is 1. The Labute approximate surface area is 63.6 Å². The molecule has 0 bridgehead atoms. The van der Waals surface area contributed by atoms with Crippen molar-refractivity contribution in [3.63, 3.8) is 0 Å². The molecule has 0 aliphatic heterocycles. The highest BCUT2D eigenvalue weighted by Gasteiger charge is 1.91. The van der Waals surface area contributed by atoms with Gasteiger partial charge in [-0.2, -0.15) is 0 Å². The zero-order valence-electron chi connectivity index (χ0n) is 7.06. The van der Waals surface area contributed by atoms with Crippen LogP contribution >= 0.6 is 0 Å². The maximum absolute atomic E-state index is 5.30. The number of hydrogen-bond donors (Lipinski definition) is 2. The zero-order valence-corrected chi connectivity index (χ0v) is 7.06. The molecule has 0 atom stereocenters. The van der Waals surface area contributed by atoms with Gasteiger partial charge in [-0.05, 0) is 13.6 Å². The van der Waals surface area contributed by atoms with Gasteiger partial charge in [-0.15, -0.1) is 0 Å². The first-order chi connectivity index (χ1) is 4.81. The molecule has 10 heavy (non-hydrogen) atoms. The second kappa shape index (κ2) is 6.99. The van der Waals surface area contributed by atoms with Gasteiger partial charge in [0.05, 0.1) is 0 Å². The normalized spacial score (nSPS) is 10.8. The lowest BCUT2D eigenvalue weighted by Crippen LogP contribution is -2.31. The van der Waals surface area contributed by atoms with E-state index in [1.165, 1.54) is 0 Å². The number of rotatable bonds is 6. The van der Waals surface area contributed by atoms with Crippen LogP contribution in [0.2, 0.25) is 0 Å². The Morgan fingerprint density at radius 2 is 2.10 bits per heavy atom. The fraction of sp³-hybridized carbons (Fsp3) is 1.00. The van der Waals surface area contributed by atoms with E-state index in [1.54, 1.807) is 0 Å². The van der Waals surface area contributed by atoms with Crippen molar-refractivity contribution in [1.29, 1.82) is 0 Å². The maximum Gasteiger partial charge on any atom is 0.0104 e. The summed E-state index contributed by atoms with van der Waals surface area (Å²) in [6.45, 7) is 7.08. The second-order valence-electron chi connectivity index (χ2n) is 2.43. The van der Waals surface area contributed by atoms with E-state index in [9.17, 15) is 0 Å². The third-order valence-electron chi connectivity index (χ3n) is 1.53. The van der Waals surface area contributed by atoms with Crippen LogP contribution in [0.1, 0.15) is 6.92 Å². The average molecular weight is 145 g/mol. The Balaban J connectivity index is 2.89. The second-order valence-corrected chi connectivity index (χ2v) is 2.43. The predicted molar refractivity (Wildman–Crippen MR) is 45.1 cm³/mol. The van der Waals surface area contributed by atoms with Crippen molar-refractivity contribution in [2.45, 2.75) is 6.92 Å². The Bertz CT molecular complexity index is 65.9. The van der Waals surface area contributed by atoms with Gasteiger partial charge in [0.15, 0.2) is 0 Å². The fourth-order valence-corrected chi connectivity index (χ4v) is 0.655. The van der Waals surface area contributed by atoms with E-state index in [1.807, 2.05) is 0 Å². The molecule has 3 nitrogen and oxygen atoms in total. The van der Waals surface area contributed by atoms with Crippen molar-refractivity contribution in [2.24, 2.45) is 5.73 Å². The van der Waals surface area contributed by atoms with E-state index >= 15 is 0 Å². The van der Waals surface area contributed by atoms with Crippen LogP contribution in [0, 0.1) is 0 Å². The smallest absolute Gasteiger partial charge is 0.0104 e. The Morgan fingerprint density at radius 3 is 2.60 bits per heavy atom. The van der Waals surface area contributed by atoms with Crippen LogP contribution in [-0.4, -0.2) is 44.7 Å². The summed E-state index contributed by atoms with van der Waals surface area (Å²) in [6.07, 6.45) is 0. The van der Waals surface area contributed by atoms with Crippen LogP contribution < -0.4 is 11.1 Å². The first-order valence-corrected chi connectivity index (χ1v) is 3.90.